The van der Waals surface area contributed by atoms with Crippen molar-refractivity contribution in [2.24, 2.45) is 0 Å². The average Bonchev–Trinajstić information content (AvgIpc) is 2.84. The fraction of sp³-hybridized carbons (Fsp3) is 0.385. The molecule has 1 aromatic carbocycles. The lowest BCUT2D eigenvalue weighted by Crippen LogP contribution is -2.33. The summed E-state index contributed by atoms with van der Waals surface area (Å²) in [6.07, 6.45) is 0. The van der Waals surface area contributed by atoms with Gasteiger partial charge < -0.3 is 10.2 Å². The number of hydrogen-bond donors (Lipinski definition) is 1. The Hall–Kier alpha value is -0.820. The van der Waals surface area contributed by atoms with Crippen LogP contribution >= 0.6 is 35.5 Å². The fourth-order valence-corrected chi connectivity index (χ4v) is 3.56. The van der Waals surface area contributed by atoms with E-state index in [1.54, 1.807) is 16.2 Å². The van der Waals surface area contributed by atoms with Crippen LogP contribution in [0.3, 0.4) is 0 Å². The third-order valence-electron chi connectivity index (χ3n) is 2.72. The van der Waals surface area contributed by atoms with Gasteiger partial charge in [0.25, 0.3) is 0 Å². The minimum Gasteiger partial charge on any atom is -0.344 e. The maximum atomic E-state index is 11.9. The van der Waals surface area contributed by atoms with Gasteiger partial charge >= 0.3 is 0 Å². The minimum absolute atomic E-state index is 0. The van der Waals surface area contributed by atoms with Gasteiger partial charge in [-0.15, -0.1) is 23.7 Å². The number of nitrogens with zero attached hydrogens (tertiary/aromatic N) is 2. The first-order chi connectivity index (χ1) is 9.20. The first-order valence-electron chi connectivity index (χ1n) is 6.07. The molecule has 0 aliphatic rings. The normalized spacial score (nSPS) is 10.3. The van der Waals surface area contributed by atoms with E-state index in [2.05, 4.69) is 16.4 Å². The van der Waals surface area contributed by atoms with Crippen LogP contribution in [0.5, 0.6) is 0 Å². The molecule has 1 aromatic heterocycles. The predicted molar refractivity (Wildman–Crippen MR) is 89.2 cm³/mol. The van der Waals surface area contributed by atoms with Gasteiger partial charge in [-0.2, -0.15) is 0 Å². The maximum absolute atomic E-state index is 11.9. The van der Waals surface area contributed by atoms with Crippen LogP contribution in [0.2, 0.25) is 0 Å². The van der Waals surface area contributed by atoms with Gasteiger partial charge in [0.2, 0.25) is 5.91 Å². The third kappa shape index (κ3) is 4.63. The number of benzene rings is 1. The minimum atomic E-state index is 0. The van der Waals surface area contributed by atoms with Crippen molar-refractivity contribution in [1.29, 1.82) is 0 Å². The van der Waals surface area contributed by atoms with E-state index in [4.69, 9.17) is 0 Å². The molecule has 0 saturated heterocycles. The van der Waals surface area contributed by atoms with Crippen LogP contribution in [0.4, 0.5) is 0 Å². The Kier molecular flexibility index (Phi) is 7.29. The van der Waals surface area contributed by atoms with Gasteiger partial charge in [-0.05, 0) is 19.2 Å². The van der Waals surface area contributed by atoms with E-state index in [-0.39, 0.29) is 18.3 Å². The van der Waals surface area contributed by atoms with Gasteiger partial charge in [-0.3, -0.25) is 4.79 Å². The van der Waals surface area contributed by atoms with Crippen LogP contribution in [-0.2, 0) is 4.79 Å². The molecule has 20 heavy (non-hydrogen) atoms. The largest absolute Gasteiger partial charge is 0.344 e. The summed E-state index contributed by atoms with van der Waals surface area (Å²) < 4.78 is 2.12. The second-order valence-corrected chi connectivity index (χ2v) is 6.41. The molecule has 0 aliphatic carbocycles. The van der Waals surface area contributed by atoms with E-state index in [1.807, 2.05) is 32.3 Å². The molecule has 4 nitrogen and oxygen atoms in total. The Balaban J connectivity index is 0.00000200. The summed E-state index contributed by atoms with van der Waals surface area (Å²) in [5, 5.41) is 3.03. The van der Waals surface area contributed by atoms with Crippen LogP contribution in [0.25, 0.3) is 10.2 Å². The van der Waals surface area contributed by atoms with E-state index in [0.717, 1.165) is 22.9 Å². The molecule has 1 amide bonds. The highest BCUT2D eigenvalue weighted by Crippen LogP contribution is 2.29. The molecule has 0 radical (unpaired) electrons. The van der Waals surface area contributed by atoms with Crippen LogP contribution in [-0.4, -0.2) is 48.7 Å². The Morgan fingerprint density at radius 2 is 2.20 bits per heavy atom. The van der Waals surface area contributed by atoms with Gasteiger partial charge in [0.1, 0.15) is 0 Å². The standard InChI is InChI=1S/C13H17N3OS2.ClH/c1-14-7-8-16(2)12(17)9-18-13-15-10-5-3-4-6-11(10)19-13;/h3-6,14H,7-9H2,1-2H3;1H. The molecule has 0 fully saturated rings. The highest BCUT2D eigenvalue weighted by molar-refractivity contribution is 8.01. The summed E-state index contributed by atoms with van der Waals surface area (Å²) >= 11 is 3.15. The number of carbonyl (C=O) groups is 1. The molecule has 0 atom stereocenters. The quantitative estimate of drug-likeness (QED) is 0.826. The summed E-state index contributed by atoms with van der Waals surface area (Å²) in [6.45, 7) is 1.55. The number of fused-ring (bicyclic) bond motifs is 1. The Labute approximate surface area is 133 Å². The van der Waals surface area contributed by atoms with E-state index >= 15 is 0 Å². The lowest BCUT2D eigenvalue weighted by atomic mass is 10.3. The summed E-state index contributed by atoms with van der Waals surface area (Å²) in [7, 11) is 3.72. The lowest BCUT2D eigenvalue weighted by molar-refractivity contribution is -0.127. The number of para-hydroxylation sites is 1. The van der Waals surface area contributed by atoms with Gasteiger partial charge in [0.15, 0.2) is 4.34 Å². The first kappa shape index (κ1) is 17.2. The van der Waals surface area contributed by atoms with Crippen LogP contribution in [0, 0.1) is 0 Å². The van der Waals surface area contributed by atoms with E-state index in [0.29, 0.717) is 5.75 Å². The molecule has 1 N–H and O–H groups in total. The van der Waals surface area contributed by atoms with Gasteiger partial charge in [-0.1, -0.05) is 23.9 Å². The molecule has 2 aromatic rings. The molecule has 0 spiro atoms. The van der Waals surface area contributed by atoms with Crippen molar-refractivity contribution in [3.8, 4) is 0 Å². The second-order valence-electron chi connectivity index (χ2n) is 4.16. The number of thioether (sulfide) groups is 1. The van der Waals surface area contributed by atoms with Crippen molar-refractivity contribution in [1.82, 2.24) is 15.2 Å². The highest BCUT2D eigenvalue weighted by Gasteiger charge is 2.10. The molecule has 0 bridgehead atoms. The molecule has 1 heterocycles. The summed E-state index contributed by atoms with van der Waals surface area (Å²) in [5.41, 5.74) is 1.01. The smallest absolute Gasteiger partial charge is 0.232 e. The van der Waals surface area contributed by atoms with E-state index < -0.39 is 0 Å². The molecule has 110 valence electrons. The number of halogens is 1. The number of nitrogens with one attached hydrogen (secondary N) is 1. The molecule has 0 saturated carbocycles. The summed E-state index contributed by atoms with van der Waals surface area (Å²) in [5.74, 6) is 0.583. The van der Waals surface area contributed by atoms with Crippen molar-refractivity contribution in [2.75, 3.05) is 32.9 Å². The molecule has 2 rings (SSSR count). The SMILES string of the molecule is CNCCN(C)C(=O)CSc1nc2ccccc2s1.Cl. The van der Waals surface area contributed by atoms with Crippen LogP contribution in [0.1, 0.15) is 0 Å². The first-order valence-corrected chi connectivity index (χ1v) is 7.88. The molecule has 0 unspecified atom stereocenters. The molecule has 0 aliphatic heterocycles. The van der Waals surface area contributed by atoms with Crippen molar-refractivity contribution in [3.05, 3.63) is 24.3 Å². The Morgan fingerprint density at radius 1 is 1.45 bits per heavy atom. The fourth-order valence-electron chi connectivity index (χ4n) is 1.55. The zero-order chi connectivity index (χ0) is 13.7. The number of carbonyl (C=O) groups excluding carboxylic acids is 1. The molecular weight excluding hydrogens is 314 g/mol. The van der Waals surface area contributed by atoms with E-state index in [9.17, 15) is 4.79 Å². The zero-order valence-corrected chi connectivity index (χ0v) is 13.9. The Morgan fingerprint density at radius 3 is 2.90 bits per heavy atom. The summed E-state index contributed by atoms with van der Waals surface area (Å²) in [4.78, 5) is 18.1. The highest BCUT2D eigenvalue weighted by atomic mass is 35.5. The number of likely N-dealkylation sites (N-methyl/N-ethyl adjacent to an activating group) is 2. The zero-order valence-electron chi connectivity index (χ0n) is 11.5. The van der Waals surface area contributed by atoms with Gasteiger partial charge in [-0.25, -0.2) is 4.98 Å². The number of rotatable bonds is 6. The molecule has 7 heteroatoms. The molecular formula is C13H18ClN3OS2. The average molecular weight is 332 g/mol. The third-order valence-corrected chi connectivity index (χ3v) is 4.88. The number of thiazole rings is 1. The Bertz CT molecular complexity index is 528. The van der Waals surface area contributed by atoms with Gasteiger partial charge in [0.05, 0.1) is 16.0 Å². The number of amides is 1. The number of hydrogen-bond acceptors (Lipinski definition) is 5. The second kappa shape index (κ2) is 8.46. The topological polar surface area (TPSA) is 45.2 Å². The van der Waals surface area contributed by atoms with E-state index in [1.165, 1.54) is 16.5 Å². The van der Waals surface area contributed by atoms with Crippen molar-refractivity contribution < 1.29 is 4.79 Å². The van der Waals surface area contributed by atoms with Crippen molar-refractivity contribution >= 4 is 51.6 Å². The van der Waals surface area contributed by atoms with Crippen molar-refractivity contribution in [2.45, 2.75) is 4.34 Å². The van der Waals surface area contributed by atoms with Crippen LogP contribution in [0.15, 0.2) is 28.6 Å². The summed E-state index contributed by atoms with van der Waals surface area (Å²) in [6, 6.07) is 8.04. The van der Waals surface area contributed by atoms with Crippen LogP contribution < -0.4 is 5.32 Å². The predicted octanol–water partition coefficient (Wildman–Crippen LogP) is 2.49. The number of aromatic nitrogens is 1. The monoisotopic (exact) mass is 331 g/mol. The van der Waals surface area contributed by atoms with Gasteiger partial charge in [0, 0.05) is 20.1 Å². The lowest BCUT2D eigenvalue weighted by Gasteiger charge is -2.15. The van der Waals surface area contributed by atoms with Crippen molar-refractivity contribution in [3.63, 3.8) is 0 Å². The maximum Gasteiger partial charge on any atom is 0.232 e.